The first-order chi connectivity index (χ1) is 11.1. The van der Waals surface area contributed by atoms with Crippen LogP contribution in [0.3, 0.4) is 0 Å². The summed E-state index contributed by atoms with van der Waals surface area (Å²) in [5.41, 5.74) is 0.778. The fourth-order valence-electron chi connectivity index (χ4n) is 3.11. The number of hydrogen-bond acceptors (Lipinski definition) is 3. The highest BCUT2D eigenvalue weighted by atomic mass is 16.1. The summed E-state index contributed by atoms with van der Waals surface area (Å²) in [5, 5.41) is 2.13. The molecule has 2 aromatic rings. The van der Waals surface area contributed by atoms with E-state index in [0.717, 1.165) is 42.5 Å². The number of carbonyl (C=O) groups is 1. The van der Waals surface area contributed by atoms with Gasteiger partial charge in [0.05, 0.1) is 0 Å². The van der Waals surface area contributed by atoms with Gasteiger partial charge in [0, 0.05) is 50.1 Å². The average Bonchev–Trinajstić information content (AvgIpc) is 2.59. The molecule has 0 N–H and O–H groups in total. The molecule has 1 saturated heterocycles. The number of carbonyl (C=O) groups excluding carboxylic acids is 1. The van der Waals surface area contributed by atoms with Crippen molar-refractivity contribution in [2.45, 2.75) is 19.9 Å². The first-order valence-corrected chi connectivity index (χ1v) is 8.33. The third-order valence-corrected chi connectivity index (χ3v) is 4.57. The second-order valence-corrected chi connectivity index (χ2v) is 6.37. The Labute approximate surface area is 138 Å². The van der Waals surface area contributed by atoms with Gasteiger partial charge in [-0.2, -0.15) is 0 Å². The third-order valence-electron chi connectivity index (χ3n) is 4.57. The van der Waals surface area contributed by atoms with Crippen molar-refractivity contribution in [1.82, 2.24) is 9.80 Å². The van der Waals surface area contributed by atoms with E-state index < -0.39 is 0 Å². The molecule has 0 radical (unpaired) electrons. The largest absolute Gasteiger partial charge is 0.375 e. The molecule has 0 aliphatic carbocycles. The van der Waals surface area contributed by atoms with Crippen LogP contribution in [0.1, 0.15) is 24.2 Å². The van der Waals surface area contributed by atoms with Crippen molar-refractivity contribution in [2.24, 2.45) is 0 Å². The molecule has 1 aliphatic heterocycles. The maximum atomic E-state index is 12.5. The second kappa shape index (κ2) is 6.97. The molecule has 1 aliphatic rings. The van der Waals surface area contributed by atoms with Gasteiger partial charge in [-0.05, 0) is 24.6 Å². The van der Waals surface area contributed by atoms with Gasteiger partial charge in [-0.25, -0.2) is 0 Å². The Bertz CT molecular complexity index is 707. The highest BCUT2D eigenvalue weighted by Crippen LogP contribution is 2.19. The number of allylic oxidation sites excluding steroid dienone is 1. The minimum atomic E-state index is 0.0769. The zero-order valence-electron chi connectivity index (χ0n) is 13.9. The Kier molecular flexibility index (Phi) is 4.77. The fraction of sp³-hybridized carbons (Fsp3) is 0.350. The molecule has 2 aromatic carbocycles. The van der Waals surface area contributed by atoms with Crippen LogP contribution in [0.4, 0.5) is 0 Å². The number of benzene rings is 2. The fourth-order valence-corrected chi connectivity index (χ4v) is 3.11. The molecular formula is C20H24N2O. The van der Waals surface area contributed by atoms with Crippen molar-refractivity contribution >= 4 is 16.6 Å². The first-order valence-electron chi connectivity index (χ1n) is 8.33. The highest BCUT2D eigenvalue weighted by Gasteiger charge is 2.16. The topological polar surface area (TPSA) is 23.6 Å². The number of ketones is 1. The third kappa shape index (κ3) is 3.62. The molecule has 3 heteroatoms. The van der Waals surface area contributed by atoms with Gasteiger partial charge in [0.2, 0.25) is 0 Å². The predicted molar refractivity (Wildman–Crippen MR) is 95.7 cm³/mol. The quantitative estimate of drug-likeness (QED) is 0.637. The lowest BCUT2D eigenvalue weighted by Crippen LogP contribution is -2.46. The van der Waals surface area contributed by atoms with E-state index in [9.17, 15) is 4.79 Å². The van der Waals surface area contributed by atoms with Crippen LogP contribution >= 0.6 is 0 Å². The number of fused-ring (bicyclic) bond motifs is 1. The molecular weight excluding hydrogens is 284 g/mol. The van der Waals surface area contributed by atoms with Crippen LogP contribution in [0.5, 0.6) is 0 Å². The molecule has 3 nitrogen and oxygen atoms in total. The van der Waals surface area contributed by atoms with Gasteiger partial charge in [-0.3, -0.25) is 9.69 Å². The van der Waals surface area contributed by atoms with Crippen molar-refractivity contribution in [3.05, 3.63) is 60.3 Å². The molecule has 0 bridgehead atoms. The molecule has 3 rings (SSSR count). The molecule has 0 atom stereocenters. The first kappa shape index (κ1) is 15.8. The van der Waals surface area contributed by atoms with Gasteiger partial charge in [0.25, 0.3) is 0 Å². The van der Waals surface area contributed by atoms with Crippen LogP contribution in [-0.4, -0.2) is 47.8 Å². The van der Waals surface area contributed by atoms with Crippen LogP contribution < -0.4 is 0 Å². The van der Waals surface area contributed by atoms with Gasteiger partial charge >= 0.3 is 0 Å². The van der Waals surface area contributed by atoms with Crippen LogP contribution in [0.15, 0.2) is 54.7 Å². The van der Waals surface area contributed by atoms with Gasteiger partial charge in [0.1, 0.15) is 0 Å². The molecule has 0 unspecified atom stereocenters. The normalized spacial score (nSPS) is 16.6. The molecule has 1 heterocycles. The van der Waals surface area contributed by atoms with E-state index in [2.05, 4.69) is 23.6 Å². The number of piperazine rings is 1. The highest BCUT2D eigenvalue weighted by molar-refractivity contribution is 6.13. The average molecular weight is 308 g/mol. The zero-order chi connectivity index (χ0) is 16.2. The monoisotopic (exact) mass is 308 g/mol. The summed E-state index contributed by atoms with van der Waals surface area (Å²) in [6.45, 7) is 8.55. The smallest absolute Gasteiger partial charge is 0.187 e. The minimum absolute atomic E-state index is 0.0769. The molecule has 0 saturated carbocycles. The summed E-state index contributed by atoms with van der Waals surface area (Å²) in [4.78, 5) is 17.3. The summed E-state index contributed by atoms with van der Waals surface area (Å²) in [6.07, 6.45) is 3.68. The lowest BCUT2D eigenvalue weighted by atomic mass is 10.0. The Morgan fingerprint density at radius 2 is 1.70 bits per heavy atom. The van der Waals surface area contributed by atoms with Crippen molar-refractivity contribution in [2.75, 3.05) is 26.2 Å². The summed E-state index contributed by atoms with van der Waals surface area (Å²) in [5.74, 6) is 0.0769. The van der Waals surface area contributed by atoms with Gasteiger partial charge < -0.3 is 4.90 Å². The standard InChI is InChI=1S/C20H24N2O/c1-16(2)22-14-12-21(13-15-22)11-10-20(23)19-9-5-7-17-6-3-4-8-18(17)19/h3-11,16H,12-15H2,1-2H3. The van der Waals surface area contributed by atoms with E-state index in [0.29, 0.717) is 6.04 Å². The molecule has 0 amide bonds. The maximum Gasteiger partial charge on any atom is 0.187 e. The lowest BCUT2D eigenvalue weighted by Gasteiger charge is -2.36. The Morgan fingerprint density at radius 1 is 1.00 bits per heavy atom. The minimum Gasteiger partial charge on any atom is -0.375 e. The van der Waals surface area contributed by atoms with Gasteiger partial charge in [-0.1, -0.05) is 42.5 Å². The number of rotatable bonds is 4. The van der Waals surface area contributed by atoms with E-state index in [1.165, 1.54) is 0 Å². The summed E-state index contributed by atoms with van der Waals surface area (Å²) >= 11 is 0. The predicted octanol–water partition coefficient (Wildman–Crippen LogP) is 3.56. The van der Waals surface area contributed by atoms with Gasteiger partial charge in [0.15, 0.2) is 5.78 Å². The van der Waals surface area contributed by atoms with E-state index in [1.54, 1.807) is 6.08 Å². The second-order valence-electron chi connectivity index (χ2n) is 6.37. The Hall–Kier alpha value is -2.13. The summed E-state index contributed by atoms with van der Waals surface area (Å²) in [6, 6.07) is 14.5. The molecule has 0 spiro atoms. The Morgan fingerprint density at radius 3 is 2.43 bits per heavy atom. The van der Waals surface area contributed by atoms with E-state index in [4.69, 9.17) is 0 Å². The van der Waals surface area contributed by atoms with Crippen molar-refractivity contribution in [3.8, 4) is 0 Å². The van der Waals surface area contributed by atoms with Crippen molar-refractivity contribution in [3.63, 3.8) is 0 Å². The molecule has 1 fully saturated rings. The van der Waals surface area contributed by atoms with Crippen molar-refractivity contribution in [1.29, 1.82) is 0 Å². The lowest BCUT2D eigenvalue weighted by molar-refractivity contribution is 0.104. The summed E-state index contributed by atoms with van der Waals surface area (Å²) in [7, 11) is 0. The molecule has 0 aromatic heterocycles. The molecule has 120 valence electrons. The van der Waals surface area contributed by atoms with Crippen LogP contribution in [0, 0.1) is 0 Å². The maximum absolute atomic E-state index is 12.5. The number of hydrogen-bond donors (Lipinski definition) is 0. The van der Waals surface area contributed by atoms with Crippen molar-refractivity contribution < 1.29 is 4.79 Å². The van der Waals surface area contributed by atoms with Gasteiger partial charge in [-0.15, -0.1) is 0 Å². The Balaban J connectivity index is 1.69. The molecule has 23 heavy (non-hydrogen) atoms. The SMILES string of the molecule is CC(C)N1CCN(C=CC(=O)c2cccc3ccccc23)CC1. The van der Waals surface area contributed by atoms with Crippen LogP contribution in [0.2, 0.25) is 0 Å². The zero-order valence-corrected chi connectivity index (χ0v) is 13.9. The summed E-state index contributed by atoms with van der Waals surface area (Å²) < 4.78 is 0. The van der Waals surface area contributed by atoms with Crippen LogP contribution in [0.25, 0.3) is 10.8 Å². The van der Waals surface area contributed by atoms with E-state index in [1.807, 2.05) is 48.7 Å². The van der Waals surface area contributed by atoms with E-state index in [-0.39, 0.29) is 5.78 Å². The van der Waals surface area contributed by atoms with E-state index >= 15 is 0 Å². The van der Waals surface area contributed by atoms with Crippen LogP contribution in [-0.2, 0) is 0 Å². The number of nitrogens with zero attached hydrogens (tertiary/aromatic N) is 2.